The van der Waals surface area contributed by atoms with Crippen LogP contribution in [0.3, 0.4) is 0 Å². The molecule has 0 amide bonds. The SMILES string of the molecule is C/C=C/C1CCC(C(C)CC=O)CC1. The van der Waals surface area contributed by atoms with Crippen molar-refractivity contribution in [3.05, 3.63) is 12.2 Å². The third-order valence-electron chi connectivity index (χ3n) is 3.55. The monoisotopic (exact) mass is 194 g/mol. The van der Waals surface area contributed by atoms with Gasteiger partial charge in [0, 0.05) is 6.42 Å². The normalized spacial score (nSPS) is 30.4. The fraction of sp³-hybridized carbons (Fsp3) is 0.769. The van der Waals surface area contributed by atoms with E-state index in [2.05, 4.69) is 26.0 Å². The summed E-state index contributed by atoms with van der Waals surface area (Å²) in [7, 11) is 0. The first-order chi connectivity index (χ1) is 6.77. The summed E-state index contributed by atoms with van der Waals surface area (Å²) in [6.07, 6.45) is 11.6. The van der Waals surface area contributed by atoms with Crippen LogP contribution < -0.4 is 0 Å². The molecule has 1 heteroatoms. The van der Waals surface area contributed by atoms with Crippen molar-refractivity contribution in [3.8, 4) is 0 Å². The Morgan fingerprint density at radius 3 is 2.43 bits per heavy atom. The molecule has 0 aromatic carbocycles. The van der Waals surface area contributed by atoms with E-state index in [0.717, 1.165) is 24.5 Å². The second-order valence-electron chi connectivity index (χ2n) is 4.58. The lowest BCUT2D eigenvalue weighted by Gasteiger charge is -2.30. The molecule has 0 spiro atoms. The van der Waals surface area contributed by atoms with Crippen molar-refractivity contribution in [2.45, 2.75) is 46.0 Å². The van der Waals surface area contributed by atoms with Crippen LogP contribution in [0.15, 0.2) is 12.2 Å². The Kier molecular flexibility index (Phi) is 4.92. The molecule has 0 saturated heterocycles. The second kappa shape index (κ2) is 6.00. The van der Waals surface area contributed by atoms with Crippen LogP contribution in [-0.2, 0) is 4.79 Å². The lowest BCUT2D eigenvalue weighted by molar-refractivity contribution is -0.108. The summed E-state index contributed by atoms with van der Waals surface area (Å²) in [5.74, 6) is 2.19. The highest BCUT2D eigenvalue weighted by atomic mass is 16.1. The molecular weight excluding hydrogens is 172 g/mol. The average molecular weight is 194 g/mol. The molecule has 1 aliphatic carbocycles. The number of allylic oxidation sites excluding steroid dienone is 2. The number of carbonyl (C=O) groups is 1. The van der Waals surface area contributed by atoms with E-state index in [1.54, 1.807) is 0 Å². The zero-order valence-electron chi connectivity index (χ0n) is 9.41. The van der Waals surface area contributed by atoms with Gasteiger partial charge in [-0.1, -0.05) is 19.1 Å². The molecule has 1 atom stereocenters. The Morgan fingerprint density at radius 1 is 1.29 bits per heavy atom. The number of hydrogen-bond acceptors (Lipinski definition) is 1. The van der Waals surface area contributed by atoms with Crippen molar-refractivity contribution in [2.24, 2.45) is 17.8 Å². The highest BCUT2D eigenvalue weighted by molar-refractivity contribution is 5.49. The van der Waals surface area contributed by atoms with Gasteiger partial charge < -0.3 is 4.79 Å². The van der Waals surface area contributed by atoms with E-state index in [1.807, 2.05) is 0 Å². The van der Waals surface area contributed by atoms with Gasteiger partial charge >= 0.3 is 0 Å². The van der Waals surface area contributed by atoms with Crippen molar-refractivity contribution < 1.29 is 4.79 Å². The predicted molar refractivity (Wildman–Crippen MR) is 60.1 cm³/mol. The molecule has 0 aromatic rings. The smallest absolute Gasteiger partial charge is 0.120 e. The Hall–Kier alpha value is -0.590. The van der Waals surface area contributed by atoms with Gasteiger partial charge in [-0.25, -0.2) is 0 Å². The van der Waals surface area contributed by atoms with Gasteiger partial charge in [-0.05, 0) is 50.4 Å². The van der Waals surface area contributed by atoms with Gasteiger partial charge in [0.25, 0.3) is 0 Å². The summed E-state index contributed by atoms with van der Waals surface area (Å²) in [4.78, 5) is 10.4. The minimum atomic E-state index is 0.596. The maximum Gasteiger partial charge on any atom is 0.120 e. The molecule has 14 heavy (non-hydrogen) atoms. The van der Waals surface area contributed by atoms with E-state index in [-0.39, 0.29) is 0 Å². The number of aldehydes is 1. The van der Waals surface area contributed by atoms with Gasteiger partial charge in [-0.15, -0.1) is 0 Å². The highest BCUT2D eigenvalue weighted by Crippen LogP contribution is 2.34. The predicted octanol–water partition coefficient (Wildman–Crippen LogP) is 3.59. The molecule has 1 rings (SSSR count). The Balaban J connectivity index is 2.31. The Morgan fingerprint density at radius 2 is 1.93 bits per heavy atom. The van der Waals surface area contributed by atoms with E-state index in [4.69, 9.17) is 0 Å². The van der Waals surface area contributed by atoms with Crippen LogP contribution in [0.4, 0.5) is 0 Å². The quantitative estimate of drug-likeness (QED) is 0.493. The van der Waals surface area contributed by atoms with Gasteiger partial charge in [0.1, 0.15) is 6.29 Å². The van der Waals surface area contributed by atoms with E-state index in [1.165, 1.54) is 25.7 Å². The first kappa shape index (κ1) is 11.5. The van der Waals surface area contributed by atoms with Crippen molar-refractivity contribution in [1.82, 2.24) is 0 Å². The third kappa shape index (κ3) is 3.28. The van der Waals surface area contributed by atoms with Crippen molar-refractivity contribution >= 4 is 6.29 Å². The molecule has 1 aliphatic rings. The van der Waals surface area contributed by atoms with Crippen LogP contribution in [0.1, 0.15) is 46.0 Å². The topological polar surface area (TPSA) is 17.1 Å². The number of rotatable bonds is 4. The molecule has 1 nitrogen and oxygen atoms in total. The maximum absolute atomic E-state index is 10.4. The Labute approximate surface area is 87.6 Å². The Bertz CT molecular complexity index is 187. The molecule has 0 aliphatic heterocycles. The summed E-state index contributed by atoms with van der Waals surface area (Å²) in [5, 5.41) is 0. The molecule has 0 bridgehead atoms. The van der Waals surface area contributed by atoms with Gasteiger partial charge in [-0.2, -0.15) is 0 Å². The van der Waals surface area contributed by atoms with Gasteiger partial charge in [-0.3, -0.25) is 0 Å². The largest absolute Gasteiger partial charge is 0.303 e. The lowest BCUT2D eigenvalue weighted by Crippen LogP contribution is -2.19. The molecule has 0 radical (unpaired) electrons. The summed E-state index contributed by atoms with van der Waals surface area (Å²) in [6.45, 7) is 4.32. The summed E-state index contributed by atoms with van der Waals surface area (Å²) in [6, 6.07) is 0. The second-order valence-corrected chi connectivity index (χ2v) is 4.58. The fourth-order valence-electron chi connectivity index (χ4n) is 2.52. The first-order valence-electron chi connectivity index (χ1n) is 5.84. The molecule has 0 aromatic heterocycles. The lowest BCUT2D eigenvalue weighted by atomic mass is 9.75. The van der Waals surface area contributed by atoms with Crippen LogP contribution in [0, 0.1) is 17.8 Å². The molecule has 1 fully saturated rings. The van der Waals surface area contributed by atoms with E-state index < -0.39 is 0 Å². The first-order valence-corrected chi connectivity index (χ1v) is 5.84. The van der Waals surface area contributed by atoms with Crippen molar-refractivity contribution in [1.29, 1.82) is 0 Å². The average Bonchev–Trinajstić information content (AvgIpc) is 2.20. The summed E-state index contributed by atoms with van der Waals surface area (Å²) < 4.78 is 0. The van der Waals surface area contributed by atoms with Crippen LogP contribution in [0.2, 0.25) is 0 Å². The molecule has 0 heterocycles. The molecule has 1 unspecified atom stereocenters. The van der Waals surface area contributed by atoms with Crippen molar-refractivity contribution in [2.75, 3.05) is 0 Å². The molecule has 0 N–H and O–H groups in total. The van der Waals surface area contributed by atoms with E-state index in [0.29, 0.717) is 5.92 Å². The standard InChI is InChI=1S/C13H22O/c1-3-4-12-5-7-13(8-6-12)11(2)9-10-14/h3-4,10-13H,5-9H2,1-2H3/b4-3+. The van der Waals surface area contributed by atoms with Crippen LogP contribution >= 0.6 is 0 Å². The highest BCUT2D eigenvalue weighted by Gasteiger charge is 2.23. The van der Waals surface area contributed by atoms with Crippen molar-refractivity contribution in [3.63, 3.8) is 0 Å². The zero-order chi connectivity index (χ0) is 10.4. The zero-order valence-corrected chi connectivity index (χ0v) is 9.41. The van der Waals surface area contributed by atoms with Crippen LogP contribution in [0.5, 0.6) is 0 Å². The molecule has 1 saturated carbocycles. The maximum atomic E-state index is 10.4. The van der Waals surface area contributed by atoms with E-state index >= 15 is 0 Å². The fourth-order valence-corrected chi connectivity index (χ4v) is 2.52. The van der Waals surface area contributed by atoms with Crippen LogP contribution in [-0.4, -0.2) is 6.29 Å². The van der Waals surface area contributed by atoms with Gasteiger partial charge in [0.15, 0.2) is 0 Å². The molecule has 80 valence electrons. The van der Waals surface area contributed by atoms with Gasteiger partial charge in [0.2, 0.25) is 0 Å². The summed E-state index contributed by atoms with van der Waals surface area (Å²) >= 11 is 0. The summed E-state index contributed by atoms with van der Waals surface area (Å²) in [5.41, 5.74) is 0. The molecular formula is C13H22O. The number of hydrogen-bond donors (Lipinski definition) is 0. The minimum absolute atomic E-state index is 0.596. The number of carbonyl (C=O) groups excluding carboxylic acids is 1. The van der Waals surface area contributed by atoms with Crippen LogP contribution in [0.25, 0.3) is 0 Å². The minimum Gasteiger partial charge on any atom is -0.303 e. The van der Waals surface area contributed by atoms with E-state index in [9.17, 15) is 4.79 Å². The third-order valence-corrected chi connectivity index (χ3v) is 3.55. The van der Waals surface area contributed by atoms with Gasteiger partial charge in [0.05, 0.1) is 0 Å².